The van der Waals surface area contributed by atoms with Crippen molar-refractivity contribution in [2.45, 2.75) is 25.4 Å². The van der Waals surface area contributed by atoms with E-state index in [1.54, 1.807) is 0 Å². The number of rotatable bonds is 6. The zero-order valence-corrected chi connectivity index (χ0v) is 16.2. The van der Waals surface area contributed by atoms with Crippen molar-refractivity contribution < 1.29 is 13.2 Å². The Morgan fingerprint density at radius 2 is 2.11 bits per heavy atom. The van der Waals surface area contributed by atoms with Gasteiger partial charge in [-0.25, -0.2) is 23.1 Å². The van der Waals surface area contributed by atoms with E-state index in [1.807, 2.05) is 30.5 Å². The number of nitrogens with zero attached hydrogens (tertiary/aromatic N) is 3. The van der Waals surface area contributed by atoms with Gasteiger partial charge < -0.3 is 15.1 Å². The van der Waals surface area contributed by atoms with Gasteiger partial charge in [0.05, 0.1) is 11.6 Å². The quantitative estimate of drug-likeness (QED) is 0.611. The summed E-state index contributed by atoms with van der Waals surface area (Å²) in [4.78, 5) is 19.5. The molecule has 0 spiro atoms. The van der Waals surface area contributed by atoms with E-state index in [1.165, 1.54) is 6.33 Å². The van der Waals surface area contributed by atoms with Crippen LogP contribution in [0.5, 0.6) is 0 Å². The highest BCUT2D eigenvalue weighted by Crippen LogP contribution is 2.42. The van der Waals surface area contributed by atoms with E-state index in [0.29, 0.717) is 5.82 Å². The number of hydrogen-bond donors (Lipinski definition) is 2. The van der Waals surface area contributed by atoms with Gasteiger partial charge in [-0.3, -0.25) is 0 Å². The highest BCUT2D eigenvalue weighted by atomic mass is 32.2. The van der Waals surface area contributed by atoms with Crippen molar-refractivity contribution in [2.75, 3.05) is 12.0 Å². The summed E-state index contributed by atoms with van der Waals surface area (Å²) in [6, 6.07) is 7.82. The van der Waals surface area contributed by atoms with E-state index < -0.39 is 10.0 Å². The van der Waals surface area contributed by atoms with E-state index in [-0.39, 0.29) is 18.5 Å². The van der Waals surface area contributed by atoms with Crippen LogP contribution in [-0.4, -0.2) is 35.5 Å². The number of nitrogen functional groups attached to an aromatic ring is 1. The van der Waals surface area contributed by atoms with Crippen LogP contribution in [0.4, 0.5) is 5.82 Å². The molecule has 146 valence electrons. The van der Waals surface area contributed by atoms with E-state index in [0.717, 1.165) is 53.1 Å². The standard InChI is InChI=1S/C19H21N5O3S/c1-28(26,27)23-8-12-3-2-4-14(5-12)16-9-24(15-6-13(7-15)10-25)19-17(16)18(20)21-11-22-19/h2-5,9-11,13,15,23H,6-8H2,1H3,(H2,20,21,22). The Morgan fingerprint density at radius 1 is 1.32 bits per heavy atom. The average molecular weight is 399 g/mol. The maximum absolute atomic E-state index is 11.4. The number of fused-ring (bicyclic) bond motifs is 1. The first kappa shape index (κ1) is 18.6. The van der Waals surface area contributed by atoms with E-state index in [4.69, 9.17) is 5.73 Å². The van der Waals surface area contributed by atoms with Crippen molar-refractivity contribution in [1.82, 2.24) is 19.3 Å². The molecule has 1 fully saturated rings. The fraction of sp³-hybridized carbons (Fsp3) is 0.316. The SMILES string of the molecule is CS(=O)(=O)NCc1cccc(-c2cn(C3CC(C=O)C3)c3ncnc(N)c23)c1. The molecule has 0 radical (unpaired) electrons. The predicted molar refractivity (Wildman–Crippen MR) is 107 cm³/mol. The molecule has 0 saturated heterocycles. The predicted octanol–water partition coefficient (Wildman–Crippen LogP) is 1.88. The molecule has 1 aliphatic carbocycles. The molecule has 0 bridgehead atoms. The number of aldehydes is 1. The molecule has 1 aromatic carbocycles. The maximum Gasteiger partial charge on any atom is 0.209 e. The average Bonchev–Trinajstić information content (AvgIpc) is 3.00. The smallest absolute Gasteiger partial charge is 0.209 e. The number of aromatic nitrogens is 3. The second-order valence-electron chi connectivity index (χ2n) is 7.22. The number of nitrogens with one attached hydrogen (secondary N) is 1. The van der Waals surface area contributed by atoms with E-state index >= 15 is 0 Å². The molecule has 0 amide bonds. The molecular formula is C19H21N5O3S. The molecule has 9 heteroatoms. The zero-order valence-electron chi connectivity index (χ0n) is 15.4. The van der Waals surface area contributed by atoms with Crippen LogP contribution in [0, 0.1) is 5.92 Å². The Labute approximate surface area is 162 Å². The number of benzene rings is 1. The van der Waals surface area contributed by atoms with Crippen molar-refractivity contribution in [2.24, 2.45) is 5.92 Å². The van der Waals surface area contributed by atoms with E-state index in [9.17, 15) is 13.2 Å². The van der Waals surface area contributed by atoms with Gasteiger partial charge in [0.2, 0.25) is 10.0 Å². The lowest BCUT2D eigenvalue weighted by Gasteiger charge is -2.33. The van der Waals surface area contributed by atoms with Crippen LogP contribution in [0.3, 0.4) is 0 Å². The number of nitrogens with two attached hydrogens (primary N) is 1. The van der Waals surface area contributed by atoms with Crippen molar-refractivity contribution >= 4 is 33.2 Å². The topological polar surface area (TPSA) is 120 Å². The zero-order chi connectivity index (χ0) is 19.9. The molecule has 3 aromatic rings. The van der Waals surface area contributed by atoms with Crippen molar-refractivity contribution in [3.63, 3.8) is 0 Å². The summed E-state index contributed by atoms with van der Waals surface area (Å²) in [5.74, 6) is 0.486. The Hall–Kier alpha value is -2.78. The second kappa shape index (κ2) is 6.99. The summed E-state index contributed by atoms with van der Waals surface area (Å²) < 4.78 is 27.3. The highest BCUT2D eigenvalue weighted by Gasteiger charge is 2.32. The third-order valence-electron chi connectivity index (χ3n) is 5.15. The third-order valence-corrected chi connectivity index (χ3v) is 5.82. The van der Waals surface area contributed by atoms with Crippen LogP contribution in [0.25, 0.3) is 22.2 Å². The fourth-order valence-corrected chi connectivity index (χ4v) is 4.07. The molecule has 28 heavy (non-hydrogen) atoms. The van der Waals surface area contributed by atoms with Crippen LogP contribution in [0.15, 0.2) is 36.8 Å². The normalized spacial score (nSPS) is 19.5. The van der Waals surface area contributed by atoms with Gasteiger partial charge in [-0.15, -0.1) is 0 Å². The molecule has 8 nitrogen and oxygen atoms in total. The van der Waals surface area contributed by atoms with Gasteiger partial charge in [-0.05, 0) is 30.0 Å². The summed E-state index contributed by atoms with van der Waals surface area (Å²) in [6.45, 7) is 0.209. The maximum atomic E-state index is 11.4. The lowest BCUT2D eigenvalue weighted by molar-refractivity contribution is -0.114. The number of sulfonamides is 1. The molecule has 2 aromatic heterocycles. The summed E-state index contributed by atoms with van der Waals surface area (Å²) in [5, 5.41) is 0.769. The highest BCUT2D eigenvalue weighted by molar-refractivity contribution is 7.88. The minimum atomic E-state index is -3.27. The first-order chi connectivity index (χ1) is 13.4. The summed E-state index contributed by atoms with van der Waals surface area (Å²) in [5.41, 5.74) is 9.55. The number of hydrogen-bond acceptors (Lipinski definition) is 6. The van der Waals surface area contributed by atoms with Gasteiger partial charge in [-0.1, -0.05) is 18.2 Å². The molecular weight excluding hydrogens is 378 g/mol. The van der Waals surface area contributed by atoms with Gasteiger partial charge in [-0.2, -0.15) is 0 Å². The molecule has 3 N–H and O–H groups in total. The summed E-state index contributed by atoms with van der Waals surface area (Å²) in [7, 11) is -3.27. The molecule has 4 rings (SSSR count). The Kier molecular flexibility index (Phi) is 4.64. The number of carbonyl (C=O) groups excluding carboxylic acids is 1. The van der Waals surface area contributed by atoms with E-state index in [2.05, 4.69) is 19.3 Å². The monoisotopic (exact) mass is 399 g/mol. The van der Waals surface area contributed by atoms with Crippen LogP contribution < -0.4 is 10.5 Å². The largest absolute Gasteiger partial charge is 0.383 e. The minimum Gasteiger partial charge on any atom is -0.383 e. The van der Waals surface area contributed by atoms with Gasteiger partial charge in [0.15, 0.2) is 0 Å². The van der Waals surface area contributed by atoms with Crippen LogP contribution in [0.2, 0.25) is 0 Å². The minimum absolute atomic E-state index is 0.0930. The Bertz CT molecular complexity index is 1150. The fourth-order valence-electron chi connectivity index (χ4n) is 3.64. The summed E-state index contributed by atoms with van der Waals surface area (Å²) >= 11 is 0. The van der Waals surface area contributed by atoms with Crippen molar-refractivity contribution in [3.8, 4) is 11.1 Å². The third kappa shape index (κ3) is 3.50. The van der Waals surface area contributed by atoms with Crippen LogP contribution in [-0.2, 0) is 21.4 Å². The molecule has 1 saturated carbocycles. The van der Waals surface area contributed by atoms with Gasteiger partial charge in [0.1, 0.15) is 24.1 Å². The number of carbonyl (C=O) groups is 1. The van der Waals surface area contributed by atoms with Gasteiger partial charge >= 0.3 is 0 Å². The molecule has 0 atom stereocenters. The molecule has 2 heterocycles. The van der Waals surface area contributed by atoms with Crippen LogP contribution >= 0.6 is 0 Å². The first-order valence-electron chi connectivity index (χ1n) is 8.96. The Morgan fingerprint density at radius 3 is 2.82 bits per heavy atom. The van der Waals surface area contributed by atoms with Gasteiger partial charge in [0, 0.05) is 30.3 Å². The van der Waals surface area contributed by atoms with Crippen molar-refractivity contribution in [3.05, 3.63) is 42.4 Å². The van der Waals surface area contributed by atoms with Crippen molar-refractivity contribution in [1.29, 1.82) is 0 Å². The molecule has 0 unspecified atom stereocenters. The molecule has 0 aliphatic heterocycles. The van der Waals surface area contributed by atoms with Gasteiger partial charge in [0.25, 0.3) is 0 Å². The lowest BCUT2D eigenvalue weighted by atomic mass is 9.81. The number of anilines is 1. The van der Waals surface area contributed by atoms with Crippen LogP contribution in [0.1, 0.15) is 24.4 Å². The first-order valence-corrected chi connectivity index (χ1v) is 10.8. The second-order valence-corrected chi connectivity index (χ2v) is 9.06. The summed E-state index contributed by atoms with van der Waals surface area (Å²) in [6.07, 6.45) is 7.16. The molecule has 1 aliphatic rings. The lowest BCUT2D eigenvalue weighted by Crippen LogP contribution is -2.27. The Balaban J connectivity index is 1.76.